The topological polar surface area (TPSA) is 57.3 Å². The summed E-state index contributed by atoms with van der Waals surface area (Å²) in [4.78, 5) is 6.49. The van der Waals surface area contributed by atoms with Crippen LogP contribution in [0.4, 0.5) is 0 Å². The number of piperidine rings is 1. The molecule has 0 N–H and O–H groups in total. The summed E-state index contributed by atoms with van der Waals surface area (Å²) < 4.78 is 16.3. The third-order valence-corrected chi connectivity index (χ3v) is 5.96. The van der Waals surface area contributed by atoms with E-state index in [1.54, 1.807) is 12.7 Å². The molecule has 5 rings (SSSR count). The smallest absolute Gasteiger partial charge is 0.137 e. The molecule has 1 atom stereocenters. The average molecular weight is 381 g/mol. The second-order valence-corrected chi connectivity index (χ2v) is 7.75. The van der Waals surface area contributed by atoms with Crippen LogP contribution in [-0.4, -0.2) is 63.2 Å². The molecule has 0 saturated carbocycles. The Hall–Kier alpha value is -2.38. The van der Waals surface area contributed by atoms with Gasteiger partial charge in [0, 0.05) is 37.8 Å². The van der Waals surface area contributed by atoms with Crippen molar-refractivity contribution in [2.75, 3.05) is 32.8 Å². The number of hydrogen-bond donors (Lipinski definition) is 0. The van der Waals surface area contributed by atoms with Crippen molar-refractivity contribution < 1.29 is 9.47 Å². The van der Waals surface area contributed by atoms with Crippen molar-refractivity contribution in [1.82, 2.24) is 24.2 Å². The van der Waals surface area contributed by atoms with Gasteiger partial charge in [0.2, 0.25) is 0 Å². The lowest BCUT2D eigenvalue weighted by Crippen LogP contribution is -2.39. The maximum atomic E-state index is 6.44. The fourth-order valence-electron chi connectivity index (χ4n) is 4.35. The first-order chi connectivity index (χ1) is 13.9. The number of rotatable bonds is 6. The van der Waals surface area contributed by atoms with Gasteiger partial charge in [-0.15, -0.1) is 0 Å². The summed E-state index contributed by atoms with van der Waals surface area (Å²) in [6.45, 7) is 5.70. The van der Waals surface area contributed by atoms with Gasteiger partial charge in [-0.05, 0) is 37.5 Å². The lowest BCUT2D eigenvalue weighted by molar-refractivity contribution is 0.0991. The molecule has 0 aliphatic carbocycles. The van der Waals surface area contributed by atoms with E-state index >= 15 is 0 Å². The molecule has 2 aliphatic rings. The van der Waals surface area contributed by atoms with Gasteiger partial charge in [-0.2, -0.15) is 5.10 Å². The van der Waals surface area contributed by atoms with Gasteiger partial charge < -0.3 is 18.9 Å². The molecular formula is C21H27N5O2. The normalized spacial score (nSPS) is 21.5. The molecule has 2 fully saturated rings. The highest BCUT2D eigenvalue weighted by molar-refractivity contribution is 5.86. The Balaban J connectivity index is 1.20. The first-order valence-electron chi connectivity index (χ1n) is 10.3. The minimum absolute atomic E-state index is 0.284. The van der Waals surface area contributed by atoms with Gasteiger partial charge in [-0.3, -0.25) is 4.68 Å². The molecule has 0 spiro atoms. The van der Waals surface area contributed by atoms with E-state index in [-0.39, 0.29) is 6.10 Å². The number of nitrogens with zero attached hydrogens (tertiary/aromatic N) is 5. The predicted molar refractivity (Wildman–Crippen MR) is 107 cm³/mol. The van der Waals surface area contributed by atoms with Gasteiger partial charge in [-0.25, -0.2) is 4.98 Å². The van der Waals surface area contributed by atoms with E-state index in [1.165, 1.54) is 10.9 Å². The lowest BCUT2D eigenvalue weighted by atomic mass is 10.1. The van der Waals surface area contributed by atoms with Gasteiger partial charge in [0.05, 0.1) is 24.7 Å². The molecule has 0 amide bonds. The number of fused-ring (bicyclic) bond motifs is 1. The van der Waals surface area contributed by atoms with E-state index in [0.29, 0.717) is 6.04 Å². The van der Waals surface area contributed by atoms with Crippen LogP contribution >= 0.6 is 0 Å². The molecule has 4 heterocycles. The third-order valence-electron chi connectivity index (χ3n) is 5.96. The molecule has 148 valence electrons. The largest absolute Gasteiger partial charge is 0.490 e. The summed E-state index contributed by atoms with van der Waals surface area (Å²) in [5.41, 5.74) is 1.25. The van der Waals surface area contributed by atoms with Crippen LogP contribution in [0.25, 0.3) is 10.9 Å². The molecule has 2 aliphatic heterocycles. The molecule has 2 aromatic heterocycles. The van der Waals surface area contributed by atoms with Gasteiger partial charge in [-0.1, -0.05) is 6.07 Å². The fraction of sp³-hybridized carbons (Fsp3) is 0.524. The zero-order valence-corrected chi connectivity index (χ0v) is 16.1. The number of likely N-dealkylation sites (tertiary alicyclic amines) is 1. The van der Waals surface area contributed by atoms with Crippen LogP contribution in [0.5, 0.6) is 5.75 Å². The van der Waals surface area contributed by atoms with Crippen LogP contribution in [0.3, 0.4) is 0 Å². The monoisotopic (exact) mass is 381 g/mol. The summed E-state index contributed by atoms with van der Waals surface area (Å²) in [6, 6.07) is 9.04. The molecule has 28 heavy (non-hydrogen) atoms. The fourth-order valence-corrected chi connectivity index (χ4v) is 4.35. The van der Waals surface area contributed by atoms with Crippen molar-refractivity contribution in [2.24, 2.45) is 0 Å². The maximum Gasteiger partial charge on any atom is 0.137 e. The molecule has 2 saturated heterocycles. The van der Waals surface area contributed by atoms with Gasteiger partial charge >= 0.3 is 0 Å². The molecule has 7 nitrogen and oxygen atoms in total. The molecule has 1 aromatic carbocycles. The van der Waals surface area contributed by atoms with Crippen LogP contribution in [-0.2, 0) is 11.3 Å². The highest BCUT2D eigenvalue weighted by Crippen LogP contribution is 2.32. The zero-order chi connectivity index (χ0) is 18.8. The number of hydrogen-bond acceptors (Lipinski definition) is 5. The molecule has 0 bridgehead atoms. The van der Waals surface area contributed by atoms with Gasteiger partial charge in [0.1, 0.15) is 24.5 Å². The Bertz CT molecular complexity index is 893. The minimum atomic E-state index is 0.284. The Kier molecular flexibility index (Phi) is 5.01. The molecule has 0 radical (unpaired) electrons. The summed E-state index contributed by atoms with van der Waals surface area (Å²) in [7, 11) is 0. The zero-order valence-electron chi connectivity index (χ0n) is 16.1. The van der Waals surface area contributed by atoms with E-state index in [1.807, 2.05) is 4.68 Å². The summed E-state index contributed by atoms with van der Waals surface area (Å²) >= 11 is 0. The van der Waals surface area contributed by atoms with Crippen LogP contribution in [0.2, 0.25) is 0 Å². The van der Waals surface area contributed by atoms with E-state index < -0.39 is 0 Å². The second kappa shape index (κ2) is 7.93. The summed E-state index contributed by atoms with van der Waals surface area (Å²) in [5.74, 6) is 1.01. The SMILES string of the molecule is c1cc(OC2CCN(CCn3cncn3)CC2)c2ccn(C3CCOC3)c2c1. The summed E-state index contributed by atoms with van der Waals surface area (Å²) in [6.07, 6.45) is 9.04. The highest BCUT2D eigenvalue weighted by atomic mass is 16.5. The Morgan fingerprint density at radius 1 is 1.11 bits per heavy atom. The van der Waals surface area contributed by atoms with Crippen molar-refractivity contribution in [3.63, 3.8) is 0 Å². The van der Waals surface area contributed by atoms with Crippen LogP contribution in [0.15, 0.2) is 43.1 Å². The van der Waals surface area contributed by atoms with Gasteiger partial charge in [0.15, 0.2) is 0 Å². The molecule has 1 unspecified atom stereocenters. The predicted octanol–water partition coefficient (Wildman–Crippen LogP) is 2.74. The number of benzene rings is 1. The first-order valence-corrected chi connectivity index (χ1v) is 10.3. The third kappa shape index (κ3) is 3.64. The van der Waals surface area contributed by atoms with E-state index in [2.05, 4.69) is 50.0 Å². The van der Waals surface area contributed by atoms with Crippen molar-refractivity contribution in [1.29, 1.82) is 0 Å². The van der Waals surface area contributed by atoms with Crippen LogP contribution < -0.4 is 4.74 Å². The van der Waals surface area contributed by atoms with E-state index in [9.17, 15) is 0 Å². The highest BCUT2D eigenvalue weighted by Gasteiger charge is 2.23. The maximum absolute atomic E-state index is 6.44. The summed E-state index contributed by atoms with van der Waals surface area (Å²) in [5, 5.41) is 5.39. The van der Waals surface area contributed by atoms with Gasteiger partial charge in [0.25, 0.3) is 0 Å². The lowest BCUT2D eigenvalue weighted by Gasteiger charge is -2.32. The first kappa shape index (κ1) is 17.7. The van der Waals surface area contributed by atoms with Crippen molar-refractivity contribution >= 4 is 10.9 Å². The minimum Gasteiger partial charge on any atom is -0.490 e. The van der Waals surface area contributed by atoms with E-state index in [4.69, 9.17) is 9.47 Å². The van der Waals surface area contributed by atoms with Crippen molar-refractivity contribution in [2.45, 2.75) is 38.0 Å². The number of aromatic nitrogens is 4. The molecular weight excluding hydrogens is 354 g/mol. The van der Waals surface area contributed by atoms with Crippen LogP contribution in [0.1, 0.15) is 25.3 Å². The quantitative estimate of drug-likeness (QED) is 0.657. The number of ether oxygens (including phenoxy) is 2. The Morgan fingerprint density at radius 2 is 2.04 bits per heavy atom. The molecule has 7 heteroatoms. The second-order valence-electron chi connectivity index (χ2n) is 7.75. The Morgan fingerprint density at radius 3 is 2.82 bits per heavy atom. The standard InChI is InChI=1S/C21H27N5O2/c1-2-20-19(6-10-26(20)17-7-13-27-14-17)21(3-1)28-18-4-8-24(9-5-18)11-12-25-16-22-15-23-25/h1-3,6,10,15-18H,4-5,7-9,11-14H2. The Labute approximate surface area is 164 Å². The van der Waals surface area contributed by atoms with Crippen molar-refractivity contribution in [3.8, 4) is 5.75 Å². The van der Waals surface area contributed by atoms with Crippen molar-refractivity contribution in [3.05, 3.63) is 43.1 Å². The average Bonchev–Trinajstić information content (AvgIpc) is 3.48. The van der Waals surface area contributed by atoms with Crippen LogP contribution in [0, 0.1) is 0 Å². The van der Waals surface area contributed by atoms with E-state index in [0.717, 1.165) is 64.4 Å². The molecule has 3 aromatic rings.